The van der Waals surface area contributed by atoms with Gasteiger partial charge in [-0.3, -0.25) is 9.59 Å². The molecule has 0 bridgehead atoms. The molecule has 2 aliphatic heterocycles. The summed E-state index contributed by atoms with van der Waals surface area (Å²) in [6, 6.07) is 18.5. The van der Waals surface area contributed by atoms with Crippen LogP contribution in [0, 0.1) is 0 Å². The number of fused-ring (bicyclic) bond motifs is 6. The topological polar surface area (TPSA) is 81.1 Å². The van der Waals surface area contributed by atoms with Crippen LogP contribution in [0.15, 0.2) is 60.7 Å². The first-order valence-corrected chi connectivity index (χ1v) is 14.2. The van der Waals surface area contributed by atoms with Crippen molar-refractivity contribution in [3.05, 3.63) is 71.8 Å². The maximum Gasteiger partial charge on any atom is 0.227 e. The normalized spacial score (nSPS) is 18.1. The number of hydrogen-bond donors (Lipinski definition) is 2. The fourth-order valence-electron chi connectivity index (χ4n) is 6.24. The molecule has 6 nitrogen and oxygen atoms in total. The van der Waals surface area contributed by atoms with Gasteiger partial charge in [0.15, 0.2) is 0 Å². The van der Waals surface area contributed by atoms with Crippen LogP contribution in [0.3, 0.4) is 0 Å². The van der Waals surface area contributed by atoms with Crippen molar-refractivity contribution in [3.8, 4) is 11.5 Å². The molecule has 0 aromatic heterocycles. The Balaban J connectivity index is 1.19. The van der Waals surface area contributed by atoms with Crippen molar-refractivity contribution in [1.82, 2.24) is 0 Å². The summed E-state index contributed by atoms with van der Waals surface area (Å²) < 4.78 is 0. The van der Waals surface area contributed by atoms with Gasteiger partial charge in [0.1, 0.15) is 11.5 Å². The van der Waals surface area contributed by atoms with E-state index >= 15 is 0 Å². The first-order valence-electron chi connectivity index (χ1n) is 13.1. The van der Waals surface area contributed by atoms with E-state index in [1.165, 1.54) is 0 Å². The monoisotopic (exact) mass is 562 g/mol. The van der Waals surface area contributed by atoms with E-state index in [0.717, 1.165) is 32.7 Å². The van der Waals surface area contributed by atoms with Gasteiger partial charge in [-0.15, -0.1) is 23.2 Å². The van der Waals surface area contributed by atoms with Gasteiger partial charge in [-0.2, -0.15) is 0 Å². The summed E-state index contributed by atoms with van der Waals surface area (Å²) in [5.74, 6) is 0.715. The molecule has 0 fully saturated rings. The average molecular weight is 563 g/mol. The fourth-order valence-corrected chi connectivity index (χ4v) is 6.74. The van der Waals surface area contributed by atoms with Crippen LogP contribution >= 0.6 is 23.2 Å². The lowest BCUT2D eigenvalue weighted by atomic mass is 9.95. The number of carbonyl (C=O) groups is 2. The van der Waals surface area contributed by atoms with E-state index in [4.69, 9.17) is 23.2 Å². The Kier molecular flexibility index (Phi) is 6.77. The van der Waals surface area contributed by atoms with Crippen LogP contribution in [0.1, 0.15) is 42.2 Å². The lowest BCUT2D eigenvalue weighted by Crippen LogP contribution is -2.32. The summed E-state index contributed by atoms with van der Waals surface area (Å²) in [7, 11) is 0. The number of phenolic OH excluding ortho intramolecular Hbond substituents is 2. The highest BCUT2D eigenvalue weighted by atomic mass is 35.5. The van der Waals surface area contributed by atoms with E-state index in [1.54, 1.807) is 21.9 Å². The molecule has 2 N–H and O–H groups in total. The summed E-state index contributed by atoms with van der Waals surface area (Å²) in [6.07, 6.45) is 0.762. The van der Waals surface area contributed by atoms with Crippen LogP contribution in [0.4, 0.5) is 11.4 Å². The van der Waals surface area contributed by atoms with Crippen LogP contribution in [0.2, 0.25) is 0 Å². The maximum atomic E-state index is 13.3. The van der Waals surface area contributed by atoms with Crippen molar-refractivity contribution < 1.29 is 19.8 Å². The largest absolute Gasteiger partial charge is 0.507 e. The third kappa shape index (κ3) is 4.26. The Hall–Kier alpha value is -3.48. The Morgan fingerprint density at radius 2 is 1.08 bits per heavy atom. The Morgan fingerprint density at radius 3 is 1.46 bits per heavy atom. The molecule has 0 saturated carbocycles. The van der Waals surface area contributed by atoms with Gasteiger partial charge in [0.2, 0.25) is 11.8 Å². The molecule has 8 heteroatoms. The number of hydrogen-bond acceptors (Lipinski definition) is 4. The zero-order chi connectivity index (χ0) is 27.3. The summed E-state index contributed by atoms with van der Waals surface area (Å²) in [6.45, 7) is 0.893. The molecule has 0 aliphatic carbocycles. The highest BCUT2D eigenvalue weighted by Crippen LogP contribution is 2.47. The van der Waals surface area contributed by atoms with Gasteiger partial charge >= 0.3 is 0 Å². The Labute approximate surface area is 236 Å². The molecule has 0 spiro atoms. The quantitative estimate of drug-likeness (QED) is 0.259. The third-order valence-electron chi connectivity index (χ3n) is 8.05. The SMILES string of the molecule is O=C(CCCC(=O)N1C[C@@H](CCl)c2c1cc(O)c1ccccc21)N1C[C@@H](CCl)c2c1cc(O)c1ccccc21. The highest BCUT2D eigenvalue weighted by molar-refractivity contribution is 6.19. The van der Waals surface area contributed by atoms with E-state index in [2.05, 4.69) is 0 Å². The minimum absolute atomic E-state index is 0.0335. The smallest absolute Gasteiger partial charge is 0.227 e. The number of amides is 2. The number of rotatable bonds is 6. The number of phenols is 2. The number of carbonyl (C=O) groups excluding carboxylic acids is 2. The number of nitrogens with zero attached hydrogens (tertiary/aromatic N) is 2. The Bertz CT molecular complexity index is 1500. The maximum absolute atomic E-state index is 13.3. The predicted molar refractivity (Wildman–Crippen MR) is 157 cm³/mol. The predicted octanol–water partition coefficient (Wildman–Crippen LogP) is 6.61. The van der Waals surface area contributed by atoms with Crippen LogP contribution in [-0.2, 0) is 9.59 Å². The molecule has 0 unspecified atom stereocenters. The van der Waals surface area contributed by atoms with Crippen LogP contribution < -0.4 is 9.80 Å². The first-order chi connectivity index (χ1) is 18.9. The molecule has 2 aliphatic rings. The second-order valence-electron chi connectivity index (χ2n) is 10.3. The summed E-state index contributed by atoms with van der Waals surface area (Å²) in [5.41, 5.74) is 3.34. The van der Waals surface area contributed by atoms with E-state index in [9.17, 15) is 19.8 Å². The summed E-state index contributed by atoms with van der Waals surface area (Å²) in [5, 5.41) is 24.5. The van der Waals surface area contributed by atoms with E-state index in [0.29, 0.717) is 42.6 Å². The van der Waals surface area contributed by atoms with Gasteiger partial charge in [0, 0.05) is 72.4 Å². The zero-order valence-corrected chi connectivity index (χ0v) is 22.8. The van der Waals surface area contributed by atoms with E-state index < -0.39 is 0 Å². The number of aromatic hydroxyl groups is 2. The third-order valence-corrected chi connectivity index (χ3v) is 8.79. The van der Waals surface area contributed by atoms with Gasteiger partial charge in [-0.1, -0.05) is 48.5 Å². The average Bonchev–Trinajstić information content (AvgIpc) is 3.52. The van der Waals surface area contributed by atoms with Crippen molar-refractivity contribution in [3.63, 3.8) is 0 Å². The van der Waals surface area contributed by atoms with Gasteiger partial charge < -0.3 is 20.0 Å². The second kappa shape index (κ2) is 10.2. The lowest BCUT2D eigenvalue weighted by Gasteiger charge is -2.20. The molecule has 200 valence electrons. The molecule has 2 atom stereocenters. The standard InChI is InChI=1S/C31H28Cl2N2O4/c32-14-18-16-34(24-12-26(36)20-6-1-3-8-22(20)30(18)24)28(38)10-5-11-29(39)35-17-19(15-33)31-23-9-4-2-7-21(23)27(37)13-25(31)35/h1-4,6-9,12-13,18-19,36-37H,5,10-11,14-17H2/t18-,19-/m1/s1. The number of benzene rings is 4. The lowest BCUT2D eigenvalue weighted by molar-refractivity contribution is -0.119. The molecule has 39 heavy (non-hydrogen) atoms. The van der Waals surface area contributed by atoms with Gasteiger partial charge in [-0.25, -0.2) is 0 Å². The summed E-state index contributed by atoms with van der Waals surface area (Å²) in [4.78, 5) is 30.1. The minimum atomic E-state index is -0.101. The highest BCUT2D eigenvalue weighted by Gasteiger charge is 2.36. The molecule has 4 aromatic rings. The van der Waals surface area contributed by atoms with Gasteiger partial charge in [0.25, 0.3) is 0 Å². The summed E-state index contributed by atoms with van der Waals surface area (Å²) >= 11 is 12.6. The minimum Gasteiger partial charge on any atom is -0.507 e. The van der Waals surface area contributed by atoms with E-state index in [-0.39, 0.29) is 48.0 Å². The van der Waals surface area contributed by atoms with Crippen molar-refractivity contribution in [2.24, 2.45) is 0 Å². The van der Waals surface area contributed by atoms with Crippen molar-refractivity contribution in [1.29, 1.82) is 0 Å². The van der Waals surface area contributed by atoms with Crippen LogP contribution in [0.25, 0.3) is 21.5 Å². The van der Waals surface area contributed by atoms with Crippen molar-refractivity contribution in [2.75, 3.05) is 34.6 Å². The second-order valence-corrected chi connectivity index (χ2v) is 10.9. The van der Waals surface area contributed by atoms with Crippen molar-refractivity contribution >= 4 is 67.9 Å². The number of halogens is 2. The molecule has 0 radical (unpaired) electrons. The molecular formula is C31H28Cl2N2O4. The molecule has 2 heterocycles. The number of alkyl halides is 2. The Morgan fingerprint density at radius 1 is 0.692 bits per heavy atom. The van der Waals surface area contributed by atoms with E-state index in [1.807, 2.05) is 48.5 Å². The molecule has 2 amide bonds. The first kappa shape index (κ1) is 25.8. The molecule has 0 saturated heterocycles. The molecular weight excluding hydrogens is 535 g/mol. The number of anilines is 2. The van der Waals surface area contributed by atoms with Gasteiger partial charge in [0.05, 0.1) is 11.4 Å². The van der Waals surface area contributed by atoms with Gasteiger partial charge in [-0.05, 0) is 28.3 Å². The zero-order valence-electron chi connectivity index (χ0n) is 21.2. The van der Waals surface area contributed by atoms with Crippen LogP contribution in [-0.4, -0.2) is 46.9 Å². The van der Waals surface area contributed by atoms with Crippen LogP contribution in [0.5, 0.6) is 11.5 Å². The molecule has 6 rings (SSSR count). The fraction of sp³-hybridized carbons (Fsp3) is 0.290. The van der Waals surface area contributed by atoms with Crippen molar-refractivity contribution in [2.45, 2.75) is 31.1 Å². The molecule has 4 aromatic carbocycles.